The van der Waals surface area contributed by atoms with Crippen LogP contribution in [0.1, 0.15) is 22.7 Å². The smallest absolute Gasteiger partial charge is 0.273 e. The van der Waals surface area contributed by atoms with Gasteiger partial charge in [0, 0.05) is 17.2 Å². The molecule has 10 heteroatoms. The molecule has 1 N–H and O–H groups in total. The van der Waals surface area contributed by atoms with Crippen molar-refractivity contribution in [1.82, 2.24) is 15.2 Å². The number of hydrazone groups is 1. The molecule has 1 amide bonds. The molecule has 0 bridgehead atoms. The highest BCUT2D eigenvalue weighted by Crippen LogP contribution is 2.30. The van der Waals surface area contributed by atoms with Gasteiger partial charge in [-0.2, -0.15) is 10.2 Å². The fourth-order valence-electron chi connectivity index (χ4n) is 2.82. The summed E-state index contributed by atoms with van der Waals surface area (Å²) in [4.78, 5) is 22.7. The lowest BCUT2D eigenvalue weighted by atomic mass is 10.1. The van der Waals surface area contributed by atoms with Crippen molar-refractivity contribution in [1.29, 1.82) is 0 Å². The molecule has 2 heterocycles. The Balaban J connectivity index is 1.66. The lowest BCUT2D eigenvalue weighted by Crippen LogP contribution is -2.24. The van der Waals surface area contributed by atoms with E-state index in [-0.39, 0.29) is 18.1 Å². The minimum Gasteiger partial charge on any atom is -0.455 e. The van der Waals surface area contributed by atoms with Gasteiger partial charge in [0.25, 0.3) is 11.6 Å². The van der Waals surface area contributed by atoms with E-state index in [0.717, 1.165) is 15.9 Å². The summed E-state index contributed by atoms with van der Waals surface area (Å²) < 4.78 is 8.13. The highest BCUT2D eigenvalue weighted by Gasteiger charge is 2.16. The van der Waals surface area contributed by atoms with Crippen LogP contribution in [0.3, 0.4) is 0 Å². The molecule has 0 aliphatic rings. The Morgan fingerprint density at radius 2 is 2.10 bits per heavy atom. The van der Waals surface area contributed by atoms with Crippen molar-refractivity contribution in [3.8, 4) is 11.3 Å². The number of carbonyl (C=O) groups is 1. The minimum absolute atomic E-state index is 0.0252. The number of aryl methyl sites for hydroxylation is 1. The molecular weight excluding hydrogens is 442 g/mol. The SMILES string of the molecule is Cc1nn(CC(=O)NN=Cc2ccc(-c3cccc([N+](=O)[O-])c3C)o2)c(C)c1Br. The molecule has 0 saturated carbocycles. The van der Waals surface area contributed by atoms with Crippen molar-refractivity contribution in [3.63, 3.8) is 0 Å². The van der Waals surface area contributed by atoms with Crippen LogP contribution >= 0.6 is 15.9 Å². The van der Waals surface area contributed by atoms with Gasteiger partial charge in [-0.25, -0.2) is 5.43 Å². The zero-order valence-corrected chi connectivity index (χ0v) is 17.6. The standard InChI is InChI=1S/C19H18BrN5O4/c1-11-15(5-4-6-16(11)25(27)28)17-8-7-14(29-17)9-21-22-18(26)10-24-13(3)19(20)12(2)23-24/h4-9H,10H2,1-3H3,(H,22,26). The van der Waals surface area contributed by atoms with Crippen LogP contribution in [0.25, 0.3) is 11.3 Å². The molecule has 3 rings (SSSR count). The van der Waals surface area contributed by atoms with Gasteiger partial charge < -0.3 is 4.42 Å². The first-order valence-electron chi connectivity index (χ1n) is 8.63. The molecule has 1 aromatic carbocycles. The van der Waals surface area contributed by atoms with Gasteiger partial charge in [0.15, 0.2) is 0 Å². The number of nitro benzene ring substituents is 1. The summed E-state index contributed by atoms with van der Waals surface area (Å²) in [5.41, 5.74) is 5.24. The number of benzene rings is 1. The summed E-state index contributed by atoms with van der Waals surface area (Å²) in [5.74, 6) is 0.548. The van der Waals surface area contributed by atoms with Gasteiger partial charge in [-0.15, -0.1) is 0 Å². The summed E-state index contributed by atoms with van der Waals surface area (Å²) in [6.45, 7) is 5.41. The monoisotopic (exact) mass is 459 g/mol. The lowest BCUT2D eigenvalue weighted by Gasteiger charge is -2.03. The van der Waals surface area contributed by atoms with Gasteiger partial charge in [0.2, 0.25) is 0 Å². The van der Waals surface area contributed by atoms with E-state index in [1.807, 2.05) is 13.8 Å². The second-order valence-electron chi connectivity index (χ2n) is 6.34. The van der Waals surface area contributed by atoms with Crippen LogP contribution in [0.2, 0.25) is 0 Å². The van der Waals surface area contributed by atoms with Crippen molar-refractivity contribution in [2.24, 2.45) is 5.10 Å². The molecule has 0 aliphatic heterocycles. The Hall–Kier alpha value is -3.27. The molecule has 3 aromatic rings. The minimum atomic E-state index is -0.430. The Bertz CT molecular complexity index is 1120. The Morgan fingerprint density at radius 1 is 1.34 bits per heavy atom. The first-order chi connectivity index (χ1) is 13.8. The van der Waals surface area contributed by atoms with Crippen molar-refractivity contribution in [2.45, 2.75) is 27.3 Å². The van der Waals surface area contributed by atoms with Gasteiger partial charge in [-0.3, -0.25) is 19.6 Å². The van der Waals surface area contributed by atoms with Crippen LogP contribution < -0.4 is 5.43 Å². The number of furan rings is 1. The maximum Gasteiger partial charge on any atom is 0.273 e. The molecule has 9 nitrogen and oxygen atoms in total. The summed E-state index contributed by atoms with van der Waals surface area (Å²) in [6, 6.07) is 8.16. The molecule has 0 fully saturated rings. The average molecular weight is 460 g/mol. The van der Waals surface area contributed by atoms with Gasteiger partial charge in [-0.1, -0.05) is 12.1 Å². The average Bonchev–Trinajstić information content (AvgIpc) is 3.23. The van der Waals surface area contributed by atoms with E-state index in [1.54, 1.807) is 35.9 Å². The summed E-state index contributed by atoms with van der Waals surface area (Å²) >= 11 is 3.42. The normalized spacial score (nSPS) is 11.2. The number of amides is 1. The predicted octanol–water partition coefficient (Wildman–Crippen LogP) is 3.89. The van der Waals surface area contributed by atoms with Crippen molar-refractivity contribution in [3.05, 3.63) is 67.6 Å². The third-order valence-electron chi connectivity index (χ3n) is 4.36. The van der Waals surface area contributed by atoms with E-state index < -0.39 is 4.92 Å². The number of carbonyl (C=O) groups excluding carboxylic acids is 1. The van der Waals surface area contributed by atoms with E-state index >= 15 is 0 Å². The van der Waals surface area contributed by atoms with E-state index in [0.29, 0.717) is 22.6 Å². The third-order valence-corrected chi connectivity index (χ3v) is 5.51. The van der Waals surface area contributed by atoms with Gasteiger partial charge in [0.1, 0.15) is 18.1 Å². The molecule has 0 radical (unpaired) electrons. The predicted molar refractivity (Wildman–Crippen MR) is 111 cm³/mol. The van der Waals surface area contributed by atoms with Crippen LogP contribution in [0.5, 0.6) is 0 Å². The molecule has 0 aliphatic carbocycles. The number of rotatable bonds is 6. The number of hydrogen-bond donors (Lipinski definition) is 1. The molecule has 0 saturated heterocycles. The number of nitrogens with zero attached hydrogens (tertiary/aromatic N) is 4. The molecular formula is C19H18BrN5O4. The number of hydrogen-bond acceptors (Lipinski definition) is 6. The molecule has 29 heavy (non-hydrogen) atoms. The fourth-order valence-corrected chi connectivity index (χ4v) is 3.11. The maximum absolute atomic E-state index is 12.1. The summed E-state index contributed by atoms with van der Waals surface area (Å²) in [6.07, 6.45) is 1.37. The van der Waals surface area contributed by atoms with Crippen LogP contribution in [-0.4, -0.2) is 26.8 Å². The fraction of sp³-hybridized carbons (Fsp3) is 0.211. The highest BCUT2D eigenvalue weighted by atomic mass is 79.9. The molecule has 0 spiro atoms. The summed E-state index contributed by atoms with van der Waals surface area (Å²) in [7, 11) is 0. The van der Waals surface area contributed by atoms with Crippen molar-refractivity contribution >= 4 is 33.7 Å². The largest absolute Gasteiger partial charge is 0.455 e. The van der Waals surface area contributed by atoms with E-state index in [2.05, 4.69) is 31.6 Å². The third kappa shape index (κ3) is 4.43. The zero-order valence-electron chi connectivity index (χ0n) is 16.0. The second-order valence-corrected chi connectivity index (χ2v) is 7.14. The quantitative estimate of drug-likeness (QED) is 0.341. The zero-order chi connectivity index (χ0) is 21.1. The van der Waals surface area contributed by atoms with Gasteiger partial charge in [-0.05, 0) is 48.8 Å². The molecule has 0 unspecified atom stereocenters. The Morgan fingerprint density at radius 3 is 2.76 bits per heavy atom. The van der Waals surface area contributed by atoms with Crippen molar-refractivity contribution in [2.75, 3.05) is 0 Å². The van der Waals surface area contributed by atoms with E-state index in [9.17, 15) is 14.9 Å². The number of nitrogens with one attached hydrogen (secondary N) is 1. The van der Waals surface area contributed by atoms with Crippen LogP contribution in [0, 0.1) is 30.9 Å². The molecule has 150 valence electrons. The number of halogens is 1. The number of nitro groups is 1. The van der Waals surface area contributed by atoms with Gasteiger partial charge in [0.05, 0.1) is 27.0 Å². The number of aromatic nitrogens is 2. The van der Waals surface area contributed by atoms with E-state index in [4.69, 9.17) is 4.42 Å². The Labute approximate surface area is 174 Å². The molecule has 0 atom stereocenters. The van der Waals surface area contributed by atoms with Gasteiger partial charge >= 0.3 is 0 Å². The lowest BCUT2D eigenvalue weighted by molar-refractivity contribution is -0.385. The summed E-state index contributed by atoms with van der Waals surface area (Å²) in [5, 5.41) is 19.3. The Kier molecular flexibility index (Phi) is 5.92. The van der Waals surface area contributed by atoms with Crippen molar-refractivity contribution < 1.29 is 14.1 Å². The highest BCUT2D eigenvalue weighted by molar-refractivity contribution is 9.10. The topological polar surface area (TPSA) is 116 Å². The van der Waals surface area contributed by atoms with Crippen LogP contribution in [0.4, 0.5) is 5.69 Å². The second kappa shape index (κ2) is 8.39. The van der Waals surface area contributed by atoms with Crippen LogP contribution in [-0.2, 0) is 11.3 Å². The maximum atomic E-state index is 12.1. The first-order valence-corrected chi connectivity index (χ1v) is 9.43. The van der Waals surface area contributed by atoms with E-state index in [1.165, 1.54) is 12.3 Å². The van der Waals surface area contributed by atoms with Crippen LogP contribution in [0.15, 0.2) is 44.3 Å². The molecule has 2 aromatic heterocycles. The first kappa shape index (κ1) is 20.5.